The number of nitrogens with one attached hydrogen (secondary N) is 1. The second-order valence-corrected chi connectivity index (χ2v) is 4.23. The lowest BCUT2D eigenvalue weighted by Crippen LogP contribution is -2.28. The van der Waals surface area contributed by atoms with Crippen LogP contribution in [0.4, 0.5) is 0 Å². The average molecular weight is 214 g/mol. The third-order valence-corrected chi connectivity index (χ3v) is 3.04. The summed E-state index contributed by atoms with van der Waals surface area (Å²) in [6, 6.07) is -0.331. The molecule has 86 valence electrons. The number of nitro groups is 1. The van der Waals surface area contributed by atoms with Gasteiger partial charge in [0, 0.05) is 31.2 Å². The molecule has 15 heavy (non-hydrogen) atoms. The molecule has 1 rings (SSSR count). The summed E-state index contributed by atoms with van der Waals surface area (Å²) in [7, 11) is 0. The van der Waals surface area contributed by atoms with Gasteiger partial charge in [-0.05, 0) is 25.2 Å². The first-order valence-corrected chi connectivity index (χ1v) is 5.47. The fourth-order valence-corrected chi connectivity index (χ4v) is 2.10. The van der Waals surface area contributed by atoms with E-state index in [9.17, 15) is 14.9 Å². The van der Waals surface area contributed by atoms with E-state index < -0.39 is 0 Å². The van der Waals surface area contributed by atoms with Crippen LogP contribution >= 0.6 is 0 Å². The monoisotopic (exact) mass is 214 g/mol. The van der Waals surface area contributed by atoms with Crippen LogP contribution in [0.15, 0.2) is 0 Å². The van der Waals surface area contributed by atoms with Gasteiger partial charge in [-0.25, -0.2) is 0 Å². The summed E-state index contributed by atoms with van der Waals surface area (Å²) in [5.41, 5.74) is 0. The number of hydrogen-bond acceptors (Lipinski definition) is 3. The molecule has 1 saturated carbocycles. The number of rotatable bonds is 4. The smallest absolute Gasteiger partial charge is 0.216 e. The highest BCUT2D eigenvalue weighted by molar-refractivity contribution is 5.72. The molecule has 0 saturated heterocycles. The van der Waals surface area contributed by atoms with Gasteiger partial charge in [0.15, 0.2) is 0 Å². The van der Waals surface area contributed by atoms with Crippen molar-refractivity contribution in [2.75, 3.05) is 6.54 Å². The van der Waals surface area contributed by atoms with Crippen LogP contribution in [0, 0.1) is 16.0 Å². The number of hydrogen-bond donors (Lipinski definition) is 1. The minimum absolute atomic E-state index is 0.00558. The van der Waals surface area contributed by atoms with E-state index in [0.717, 1.165) is 19.3 Å². The van der Waals surface area contributed by atoms with Crippen molar-refractivity contribution in [1.29, 1.82) is 0 Å². The molecule has 0 atom stereocenters. The molecule has 1 aliphatic rings. The van der Waals surface area contributed by atoms with E-state index in [-0.39, 0.29) is 16.9 Å². The van der Waals surface area contributed by atoms with Crippen molar-refractivity contribution in [3.63, 3.8) is 0 Å². The molecule has 1 amide bonds. The Morgan fingerprint density at radius 3 is 2.47 bits per heavy atom. The number of nitrogens with zero attached hydrogens (tertiary/aromatic N) is 1. The van der Waals surface area contributed by atoms with Gasteiger partial charge >= 0.3 is 0 Å². The summed E-state index contributed by atoms with van der Waals surface area (Å²) in [6.45, 7) is 2.20. The second kappa shape index (κ2) is 5.68. The summed E-state index contributed by atoms with van der Waals surface area (Å²) < 4.78 is 0. The Hall–Kier alpha value is -1.13. The van der Waals surface area contributed by atoms with Gasteiger partial charge in [-0.15, -0.1) is 0 Å². The average Bonchev–Trinajstić information content (AvgIpc) is 2.18. The lowest BCUT2D eigenvalue weighted by molar-refractivity contribution is -0.527. The Morgan fingerprint density at radius 2 is 2.00 bits per heavy atom. The molecule has 0 aromatic carbocycles. The zero-order chi connectivity index (χ0) is 11.3. The maximum atomic E-state index is 10.6. The molecule has 0 aromatic heterocycles. The third kappa shape index (κ3) is 4.27. The number of amides is 1. The van der Waals surface area contributed by atoms with Crippen LogP contribution in [0.5, 0.6) is 0 Å². The standard InChI is InChI=1S/C10H18N2O3/c1-8(13)11-7-6-9-2-4-10(5-3-9)12(14)15/h9-10H,2-7H2,1H3,(H,11,13). The molecule has 1 N–H and O–H groups in total. The molecule has 5 heteroatoms. The Kier molecular flexibility index (Phi) is 4.52. The van der Waals surface area contributed by atoms with E-state index in [2.05, 4.69) is 5.32 Å². The molecular formula is C10H18N2O3. The molecule has 0 radical (unpaired) electrons. The van der Waals surface area contributed by atoms with Gasteiger partial charge in [-0.3, -0.25) is 14.9 Å². The second-order valence-electron chi connectivity index (χ2n) is 4.23. The largest absolute Gasteiger partial charge is 0.356 e. The first-order chi connectivity index (χ1) is 7.09. The lowest BCUT2D eigenvalue weighted by atomic mass is 9.84. The van der Waals surface area contributed by atoms with Crippen molar-refractivity contribution in [1.82, 2.24) is 5.32 Å². The number of carbonyl (C=O) groups excluding carboxylic acids is 1. The van der Waals surface area contributed by atoms with Crippen LogP contribution in [-0.2, 0) is 4.79 Å². The highest BCUT2D eigenvalue weighted by atomic mass is 16.6. The summed E-state index contributed by atoms with van der Waals surface area (Å²) in [6.07, 6.45) is 4.18. The van der Waals surface area contributed by atoms with Crippen LogP contribution in [0.2, 0.25) is 0 Å². The predicted octanol–water partition coefficient (Wildman–Crippen LogP) is 1.35. The fraction of sp³-hybridized carbons (Fsp3) is 0.900. The first kappa shape index (κ1) is 11.9. The van der Waals surface area contributed by atoms with Crippen molar-refractivity contribution in [3.05, 3.63) is 10.1 Å². The zero-order valence-corrected chi connectivity index (χ0v) is 9.07. The topological polar surface area (TPSA) is 72.2 Å². The highest BCUT2D eigenvalue weighted by Crippen LogP contribution is 2.27. The summed E-state index contributed by atoms with van der Waals surface area (Å²) in [4.78, 5) is 21.0. The van der Waals surface area contributed by atoms with Crippen molar-refractivity contribution < 1.29 is 9.72 Å². The molecular weight excluding hydrogens is 196 g/mol. The van der Waals surface area contributed by atoms with E-state index in [1.807, 2.05) is 0 Å². The quantitative estimate of drug-likeness (QED) is 0.567. The SMILES string of the molecule is CC(=O)NCCC1CCC([N+](=O)[O-])CC1. The van der Waals surface area contributed by atoms with Gasteiger partial charge in [0.2, 0.25) is 11.9 Å². The predicted molar refractivity (Wildman–Crippen MR) is 56.0 cm³/mol. The van der Waals surface area contributed by atoms with Crippen molar-refractivity contribution in [2.45, 2.75) is 45.1 Å². The molecule has 0 bridgehead atoms. The van der Waals surface area contributed by atoms with Crippen LogP contribution in [0.1, 0.15) is 39.0 Å². The lowest BCUT2D eigenvalue weighted by Gasteiger charge is -2.23. The molecule has 0 spiro atoms. The Labute approximate surface area is 89.4 Å². The molecule has 0 heterocycles. The van der Waals surface area contributed by atoms with Crippen LogP contribution in [0.3, 0.4) is 0 Å². The van der Waals surface area contributed by atoms with Gasteiger partial charge in [0.25, 0.3) is 0 Å². The van der Waals surface area contributed by atoms with Crippen LogP contribution in [-0.4, -0.2) is 23.4 Å². The Bertz CT molecular complexity index is 232. The summed E-state index contributed by atoms with van der Waals surface area (Å²) >= 11 is 0. The van der Waals surface area contributed by atoms with Gasteiger partial charge in [-0.1, -0.05) is 0 Å². The molecule has 0 aromatic rings. The fourth-order valence-electron chi connectivity index (χ4n) is 2.10. The van der Waals surface area contributed by atoms with E-state index in [0.29, 0.717) is 25.3 Å². The van der Waals surface area contributed by atoms with Crippen LogP contribution in [0.25, 0.3) is 0 Å². The maximum Gasteiger partial charge on any atom is 0.216 e. The normalized spacial score (nSPS) is 25.9. The minimum Gasteiger partial charge on any atom is -0.356 e. The molecule has 1 aliphatic carbocycles. The van der Waals surface area contributed by atoms with Crippen molar-refractivity contribution in [2.24, 2.45) is 5.92 Å². The molecule has 0 unspecified atom stereocenters. The third-order valence-electron chi connectivity index (χ3n) is 3.04. The first-order valence-electron chi connectivity index (χ1n) is 5.47. The van der Waals surface area contributed by atoms with E-state index >= 15 is 0 Å². The zero-order valence-electron chi connectivity index (χ0n) is 9.07. The molecule has 5 nitrogen and oxygen atoms in total. The Balaban J connectivity index is 2.14. The summed E-state index contributed by atoms with van der Waals surface area (Å²) in [5, 5.41) is 13.3. The molecule has 1 fully saturated rings. The van der Waals surface area contributed by atoms with Crippen LogP contribution < -0.4 is 5.32 Å². The van der Waals surface area contributed by atoms with Gasteiger partial charge in [0.1, 0.15) is 0 Å². The van der Waals surface area contributed by atoms with Crippen molar-refractivity contribution >= 4 is 5.91 Å². The molecule has 0 aliphatic heterocycles. The summed E-state index contributed by atoms with van der Waals surface area (Å²) in [5.74, 6) is 0.544. The van der Waals surface area contributed by atoms with E-state index in [1.165, 1.54) is 6.92 Å². The highest BCUT2D eigenvalue weighted by Gasteiger charge is 2.27. The Morgan fingerprint density at radius 1 is 1.40 bits per heavy atom. The van der Waals surface area contributed by atoms with Crippen molar-refractivity contribution in [3.8, 4) is 0 Å². The van der Waals surface area contributed by atoms with E-state index in [1.54, 1.807) is 0 Å². The number of carbonyl (C=O) groups is 1. The van der Waals surface area contributed by atoms with E-state index in [4.69, 9.17) is 0 Å². The van der Waals surface area contributed by atoms with Gasteiger partial charge in [0.05, 0.1) is 0 Å². The maximum absolute atomic E-state index is 10.6. The van der Waals surface area contributed by atoms with Gasteiger partial charge < -0.3 is 5.32 Å². The van der Waals surface area contributed by atoms with Gasteiger partial charge in [-0.2, -0.15) is 0 Å². The minimum atomic E-state index is -0.331.